The van der Waals surface area contributed by atoms with E-state index in [1.165, 1.54) is 0 Å². The average Bonchev–Trinajstić information content (AvgIpc) is 3.11. The second kappa shape index (κ2) is 6.13. The third-order valence-corrected chi connectivity index (χ3v) is 4.74. The standard InChI is InChI=1S/C13H17N5O4S/c14-23(20,21)8-10-3-4-18(7-10)13(19)15-6-9-1-2-11-12(5-9)17-22-16-11/h1-2,5,10H,3-4,6-8H2,(H,15,19)(H2,14,20,21)/t10-/m1/s1. The summed E-state index contributed by atoms with van der Waals surface area (Å²) in [5, 5.41) is 15.3. The molecular formula is C13H17N5O4S. The molecule has 124 valence electrons. The SMILES string of the molecule is NS(=O)(=O)C[C@@H]1CCN(C(=O)NCc2ccc3nonc3c2)C1. The minimum Gasteiger partial charge on any atom is -0.334 e. The number of likely N-dealkylation sites (tertiary alicyclic amines) is 1. The molecule has 0 saturated carbocycles. The summed E-state index contributed by atoms with van der Waals surface area (Å²) in [6.45, 7) is 1.27. The van der Waals surface area contributed by atoms with Crippen molar-refractivity contribution in [2.24, 2.45) is 11.1 Å². The van der Waals surface area contributed by atoms with Crippen molar-refractivity contribution in [2.45, 2.75) is 13.0 Å². The van der Waals surface area contributed by atoms with Crippen LogP contribution in [-0.2, 0) is 16.6 Å². The van der Waals surface area contributed by atoms with E-state index >= 15 is 0 Å². The molecule has 0 bridgehead atoms. The summed E-state index contributed by atoms with van der Waals surface area (Å²) in [4.78, 5) is 13.7. The Hall–Kier alpha value is -2.20. The molecule has 0 spiro atoms. The molecular weight excluding hydrogens is 322 g/mol. The minimum absolute atomic E-state index is 0.0907. The number of urea groups is 1. The van der Waals surface area contributed by atoms with Crippen LogP contribution in [0.5, 0.6) is 0 Å². The molecule has 23 heavy (non-hydrogen) atoms. The van der Waals surface area contributed by atoms with Gasteiger partial charge < -0.3 is 10.2 Å². The van der Waals surface area contributed by atoms with E-state index in [1.54, 1.807) is 17.0 Å². The fourth-order valence-corrected chi connectivity index (χ4v) is 3.64. The maximum atomic E-state index is 12.1. The van der Waals surface area contributed by atoms with Gasteiger partial charge in [-0.05, 0) is 40.3 Å². The van der Waals surface area contributed by atoms with Crippen LogP contribution in [0.3, 0.4) is 0 Å². The Bertz CT molecular complexity index is 819. The van der Waals surface area contributed by atoms with E-state index in [-0.39, 0.29) is 17.7 Å². The summed E-state index contributed by atoms with van der Waals surface area (Å²) in [5.41, 5.74) is 2.17. The van der Waals surface area contributed by atoms with Crippen LogP contribution in [0.4, 0.5) is 4.79 Å². The number of sulfonamides is 1. The zero-order valence-electron chi connectivity index (χ0n) is 12.3. The first-order valence-corrected chi connectivity index (χ1v) is 8.87. The van der Waals surface area contributed by atoms with Gasteiger partial charge in [-0.3, -0.25) is 0 Å². The van der Waals surface area contributed by atoms with Crippen molar-refractivity contribution in [3.63, 3.8) is 0 Å². The van der Waals surface area contributed by atoms with E-state index in [0.717, 1.165) is 5.56 Å². The predicted molar refractivity (Wildman–Crippen MR) is 81.7 cm³/mol. The topological polar surface area (TPSA) is 131 Å². The molecule has 3 N–H and O–H groups in total. The van der Waals surface area contributed by atoms with Gasteiger partial charge >= 0.3 is 6.03 Å². The number of hydrogen-bond donors (Lipinski definition) is 2. The number of carbonyl (C=O) groups excluding carboxylic acids is 1. The van der Waals surface area contributed by atoms with Crippen LogP contribution >= 0.6 is 0 Å². The Balaban J connectivity index is 1.53. The first-order chi connectivity index (χ1) is 10.9. The number of carbonyl (C=O) groups is 1. The number of rotatable bonds is 4. The molecule has 0 aliphatic carbocycles. The summed E-state index contributed by atoms with van der Waals surface area (Å²) < 4.78 is 26.8. The number of hydrogen-bond acceptors (Lipinski definition) is 6. The van der Waals surface area contributed by atoms with Gasteiger partial charge in [-0.25, -0.2) is 23.0 Å². The summed E-state index contributed by atoms with van der Waals surface area (Å²) in [6, 6.07) is 5.17. The van der Waals surface area contributed by atoms with Gasteiger partial charge in [0.2, 0.25) is 10.0 Å². The highest BCUT2D eigenvalue weighted by molar-refractivity contribution is 7.89. The number of primary sulfonamides is 1. The van der Waals surface area contributed by atoms with Crippen molar-refractivity contribution in [1.29, 1.82) is 0 Å². The van der Waals surface area contributed by atoms with Gasteiger partial charge in [0.05, 0.1) is 5.75 Å². The summed E-state index contributed by atoms with van der Waals surface area (Å²) in [6.07, 6.45) is 0.639. The Morgan fingerprint density at radius 2 is 2.17 bits per heavy atom. The lowest BCUT2D eigenvalue weighted by molar-refractivity contribution is 0.207. The van der Waals surface area contributed by atoms with E-state index in [1.807, 2.05) is 6.07 Å². The molecule has 1 atom stereocenters. The van der Waals surface area contributed by atoms with Gasteiger partial charge in [0.1, 0.15) is 11.0 Å². The maximum Gasteiger partial charge on any atom is 0.317 e. The normalized spacial score (nSPS) is 18.5. The average molecular weight is 339 g/mol. The quantitative estimate of drug-likeness (QED) is 0.808. The highest BCUT2D eigenvalue weighted by Gasteiger charge is 2.28. The number of aromatic nitrogens is 2. The predicted octanol–water partition coefficient (Wildman–Crippen LogP) is 0.0428. The number of nitrogens with two attached hydrogens (primary N) is 1. The minimum atomic E-state index is -3.51. The van der Waals surface area contributed by atoms with Crippen molar-refractivity contribution in [2.75, 3.05) is 18.8 Å². The second-order valence-corrected chi connectivity index (χ2v) is 7.34. The van der Waals surface area contributed by atoms with Crippen molar-refractivity contribution >= 4 is 27.1 Å². The number of amides is 2. The molecule has 3 rings (SSSR count). The highest BCUT2D eigenvalue weighted by atomic mass is 32.2. The van der Waals surface area contributed by atoms with Crippen LogP contribution < -0.4 is 10.5 Å². The molecule has 10 heteroatoms. The third-order valence-electron chi connectivity index (χ3n) is 3.80. The molecule has 2 aromatic rings. The van der Waals surface area contributed by atoms with E-state index < -0.39 is 10.0 Å². The smallest absolute Gasteiger partial charge is 0.317 e. The molecule has 1 aliphatic rings. The van der Waals surface area contributed by atoms with Crippen LogP contribution in [0.15, 0.2) is 22.8 Å². The monoisotopic (exact) mass is 339 g/mol. The van der Waals surface area contributed by atoms with E-state index in [9.17, 15) is 13.2 Å². The molecule has 1 saturated heterocycles. The Morgan fingerprint density at radius 1 is 1.39 bits per heavy atom. The molecule has 1 fully saturated rings. The van der Waals surface area contributed by atoms with Crippen LogP contribution in [-0.4, -0.2) is 48.5 Å². The highest BCUT2D eigenvalue weighted by Crippen LogP contribution is 2.17. The van der Waals surface area contributed by atoms with Crippen LogP contribution in [0, 0.1) is 5.92 Å². The van der Waals surface area contributed by atoms with Gasteiger partial charge in [0, 0.05) is 19.6 Å². The molecule has 2 amide bonds. The zero-order valence-corrected chi connectivity index (χ0v) is 13.1. The van der Waals surface area contributed by atoms with Crippen molar-refractivity contribution < 1.29 is 17.8 Å². The molecule has 1 aromatic heterocycles. The lowest BCUT2D eigenvalue weighted by atomic mass is 10.2. The fourth-order valence-electron chi connectivity index (χ4n) is 2.71. The van der Waals surface area contributed by atoms with Crippen molar-refractivity contribution in [1.82, 2.24) is 20.5 Å². The van der Waals surface area contributed by atoms with E-state index in [2.05, 4.69) is 20.3 Å². The Kier molecular flexibility index (Phi) is 4.18. The molecule has 2 heterocycles. The number of benzene rings is 1. The zero-order chi connectivity index (χ0) is 16.4. The first kappa shape index (κ1) is 15.7. The van der Waals surface area contributed by atoms with Gasteiger partial charge in [0.15, 0.2) is 0 Å². The summed E-state index contributed by atoms with van der Waals surface area (Å²) in [5.74, 6) is -0.194. The number of nitrogens with one attached hydrogen (secondary N) is 1. The lowest BCUT2D eigenvalue weighted by Crippen LogP contribution is -2.38. The molecule has 1 aliphatic heterocycles. The van der Waals surface area contributed by atoms with Crippen LogP contribution in [0.2, 0.25) is 0 Å². The molecule has 0 unspecified atom stereocenters. The summed E-state index contributed by atoms with van der Waals surface area (Å²) >= 11 is 0. The van der Waals surface area contributed by atoms with Gasteiger partial charge in [0.25, 0.3) is 0 Å². The molecule has 9 nitrogen and oxygen atoms in total. The first-order valence-electron chi connectivity index (χ1n) is 7.15. The molecule has 0 radical (unpaired) electrons. The fraction of sp³-hybridized carbons (Fsp3) is 0.462. The maximum absolute atomic E-state index is 12.1. The largest absolute Gasteiger partial charge is 0.334 e. The van der Waals surface area contributed by atoms with E-state index in [0.29, 0.717) is 37.1 Å². The van der Waals surface area contributed by atoms with Crippen molar-refractivity contribution in [3.8, 4) is 0 Å². The number of fused-ring (bicyclic) bond motifs is 1. The van der Waals surface area contributed by atoms with Crippen molar-refractivity contribution in [3.05, 3.63) is 23.8 Å². The second-order valence-electron chi connectivity index (χ2n) is 5.68. The third kappa shape index (κ3) is 3.96. The number of nitrogens with zero attached hydrogens (tertiary/aromatic N) is 3. The van der Waals surface area contributed by atoms with E-state index in [4.69, 9.17) is 5.14 Å². The van der Waals surface area contributed by atoms with Gasteiger partial charge in [-0.2, -0.15) is 0 Å². The molecule has 1 aromatic carbocycles. The van der Waals surface area contributed by atoms with Crippen LogP contribution in [0.25, 0.3) is 11.0 Å². The van der Waals surface area contributed by atoms with Crippen LogP contribution in [0.1, 0.15) is 12.0 Å². The lowest BCUT2D eigenvalue weighted by Gasteiger charge is -2.17. The summed E-state index contributed by atoms with van der Waals surface area (Å²) in [7, 11) is -3.51. The Morgan fingerprint density at radius 3 is 2.96 bits per heavy atom. The Labute approximate surface area is 132 Å². The van der Waals surface area contributed by atoms with Gasteiger partial charge in [-0.15, -0.1) is 0 Å². The van der Waals surface area contributed by atoms with Gasteiger partial charge in [-0.1, -0.05) is 6.07 Å².